The molecule has 0 fully saturated rings. The summed E-state index contributed by atoms with van der Waals surface area (Å²) in [5.74, 6) is 0.0526. The number of aromatic nitrogens is 2. The Balaban J connectivity index is 2.42. The minimum absolute atomic E-state index is 0.0526. The SMILES string of the molecule is Cc1c(C(=O)c2ccsc2)cnn1C. The van der Waals surface area contributed by atoms with Crippen LogP contribution >= 0.6 is 11.3 Å². The van der Waals surface area contributed by atoms with Gasteiger partial charge < -0.3 is 0 Å². The quantitative estimate of drug-likeness (QED) is 0.705. The molecule has 3 nitrogen and oxygen atoms in total. The van der Waals surface area contributed by atoms with E-state index in [9.17, 15) is 4.79 Å². The molecule has 0 unspecified atom stereocenters. The lowest BCUT2D eigenvalue weighted by atomic mass is 10.1. The van der Waals surface area contributed by atoms with Crippen molar-refractivity contribution in [2.75, 3.05) is 0 Å². The molecule has 2 aromatic heterocycles. The molecule has 0 aliphatic rings. The van der Waals surface area contributed by atoms with Crippen LogP contribution in [0.4, 0.5) is 0 Å². The van der Waals surface area contributed by atoms with Crippen LogP contribution in [0.25, 0.3) is 0 Å². The van der Waals surface area contributed by atoms with Gasteiger partial charge in [-0.3, -0.25) is 9.48 Å². The monoisotopic (exact) mass is 206 g/mol. The topological polar surface area (TPSA) is 34.9 Å². The number of hydrogen-bond acceptors (Lipinski definition) is 3. The van der Waals surface area contributed by atoms with Crippen molar-refractivity contribution >= 4 is 17.1 Å². The first-order valence-electron chi connectivity index (χ1n) is 4.25. The van der Waals surface area contributed by atoms with Crippen molar-refractivity contribution in [3.05, 3.63) is 39.8 Å². The highest BCUT2D eigenvalue weighted by atomic mass is 32.1. The molecule has 0 aromatic carbocycles. The Kier molecular flexibility index (Phi) is 2.21. The second kappa shape index (κ2) is 3.38. The number of thiophene rings is 1. The normalized spacial score (nSPS) is 10.4. The Bertz CT molecular complexity index is 456. The highest BCUT2D eigenvalue weighted by Gasteiger charge is 2.14. The van der Waals surface area contributed by atoms with E-state index < -0.39 is 0 Å². The van der Waals surface area contributed by atoms with E-state index in [0.717, 1.165) is 11.3 Å². The highest BCUT2D eigenvalue weighted by molar-refractivity contribution is 7.08. The summed E-state index contributed by atoms with van der Waals surface area (Å²) in [6.45, 7) is 1.90. The third-order valence-corrected chi connectivity index (χ3v) is 2.95. The molecular formula is C10H10N2OS. The average Bonchev–Trinajstić information content (AvgIpc) is 2.77. The van der Waals surface area contributed by atoms with Crippen LogP contribution in [0.2, 0.25) is 0 Å². The van der Waals surface area contributed by atoms with Crippen molar-refractivity contribution < 1.29 is 4.79 Å². The maximum absolute atomic E-state index is 11.9. The third-order valence-electron chi connectivity index (χ3n) is 2.26. The molecule has 2 rings (SSSR count). The lowest BCUT2D eigenvalue weighted by molar-refractivity contribution is 0.103. The molecule has 0 amide bonds. The van der Waals surface area contributed by atoms with E-state index in [-0.39, 0.29) is 5.78 Å². The molecule has 0 saturated heterocycles. The Morgan fingerprint density at radius 3 is 2.86 bits per heavy atom. The summed E-state index contributed by atoms with van der Waals surface area (Å²) < 4.78 is 1.71. The standard InChI is InChI=1S/C10H10N2OS/c1-7-9(5-11-12(7)2)10(13)8-3-4-14-6-8/h3-6H,1-2H3. The van der Waals surface area contributed by atoms with Gasteiger partial charge in [0.05, 0.1) is 11.8 Å². The number of nitrogens with zero attached hydrogens (tertiary/aromatic N) is 2. The summed E-state index contributed by atoms with van der Waals surface area (Å²) in [4.78, 5) is 11.9. The predicted octanol–water partition coefficient (Wildman–Crippen LogP) is 2.02. The van der Waals surface area contributed by atoms with Gasteiger partial charge in [-0.05, 0) is 18.4 Å². The molecule has 2 aromatic rings. The zero-order valence-electron chi connectivity index (χ0n) is 8.02. The fraction of sp³-hybridized carbons (Fsp3) is 0.200. The lowest BCUT2D eigenvalue weighted by Gasteiger charge is -1.97. The van der Waals surface area contributed by atoms with Gasteiger partial charge in [-0.2, -0.15) is 16.4 Å². The van der Waals surface area contributed by atoms with Crippen LogP contribution < -0.4 is 0 Å². The van der Waals surface area contributed by atoms with Crippen molar-refractivity contribution in [3.63, 3.8) is 0 Å². The first-order valence-corrected chi connectivity index (χ1v) is 5.20. The third kappa shape index (κ3) is 1.37. The van der Waals surface area contributed by atoms with E-state index in [2.05, 4.69) is 5.10 Å². The molecule has 0 spiro atoms. The molecular weight excluding hydrogens is 196 g/mol. The Morgan fingerprint density at radius 1 is 1.57 bits per heavy atom. The molecule has 0 bridgehead atoms. The van der Waals surface area contributed by atoms with E-state index in [4.69, 9.17) is 0 Å². The van der Waals surface area contributed by atoms with Gasteiger partial charge in [0.1, 0.15) is 0 Å². The summed E-state index contributed by atoms with van der Waals surface area (Å²) in [7, 11) is 1.83. The zero-order valence-corrected chi connectivity index (χ0v) is 8.84. The van der Waals surface area contributed by atoms with Gasteiger partial charge in [0.15, 0.2) is 5.78 Å². The van der Waals surface area contributed by atoms with Crippen molar-refractivity contribution in [2.45, 2.75) is 6.92 Å². The Hall–Kier alpha value is -1.42. The van der Waals surface area contributed by atoms with Crippen LogP contribution in [0.1, 0.15) is 21.6 Å². The van der Waals surface area contributed by atoms with Gasteiger partial charge in [0.2, 0.25) is 0 Å². The van der Waals surface area contributed by atoms with E-state index in [1.54, 1.807) is 10.9 Å². The molecule has 0 aliphatic heterocycles. The Morgan fingerprint density at radius 2 is 2.36 bits per heavy atom. The van der Waals surface area contributed by atoms with Gasteiger partial charge in [-0.25, -0.2) is 0 Å². The molecule has 72 valence electrons. The smallest absolute Gasteiger partial charge is 0.197 e. The largest absolute Gasteiger partial charge is 0.288 e. The van der Waals surface area contributed by atoms with Crippen LogP contribution in [0.15, 0.2) is 23.0 Å². The fourth-order valence-electron chi connectivity index (χ4n) is 1.27. The van der Waals surface area contributed by atoms with Crippen LogP contribution in [0, 0.1) is 6.92 Å². The van der Waals surface area contributed by atoms with Crippen molar-refractivity contribution in [1.82, 2.24) is 9.78 Å². The van der Waals surface area contributed by atoms with E-state index in [1.807, 2.05) is 30.8 Å². The van der Waals surface area contributed by atoms with Gasteiger partial charge in [-0.15, -0.1) is 0 Å². The molecule has 0 atom stereocenters. The number of carbonyl (C=O) groups excluding carboxylic acids is 1. The summed E-state index contributed by atoms with van der Waals surface area (Å²) in [6, 6.07) is 1.83. The van der Waals surface area contributed by atoms with Gasteiger partial charge in [0, 0.05) is 23.7 Å². The first-order chi connectivity index (χ1) is 6.70. The van der Waals surface area contributed by atoms with Crippen molar-refractivity contribution in [1.29, 1.82) is 0 Å². The van der Waals surface area contributed by atoms with Gasteiger partial charge >= 0.3 is 0 Å². The maximum atomic E-state index is 11.9. The first kappa shape index (κ1) is 9.15. The highest BCUT2D eigenvalue weighted by Crippen LogP contribution is 2.15. The minimum Gasteiger partial charge on any atom is -0.288 e. The minimum atomic E-state index is 0.0526. The van der Waals surface area contributed by atoms with Crippen LogP contribution in [-0.2, 0) is 7.05 Å². The molecule has 14 heavy (non-hydrogen) atoms. The summed E-state index contributed by atoms with van der Waals surface area (Å²) >= 11 is 1.53. The number of carbonyl (C=O) groups is 1. The number of aryl methyl sites for hydroxylation is 1. The van der Waals surface area contributed by atoms with E-state index in [1.165, 1.54) is 11.3 Å². The molecule has 0 N–H and O–H groups in total. The summed E-state index contributed by atoms with van der Waals surface area (Å²) in [5, 5.41) is 7.80. The number of ketones is 1. The molecule has 4 heteroatoms. The average molecular weight is 206 g/mol. The fourth-order valence-corrected chi connectivity index (χ4v) is 1.91. The maximum Gasteiger partial charge on any atom is 0.197 e. The van der Waals surface area contributed by atoms with Gasteiger partial charge in [0.25, 0.3) is 0 Å². The Labute approximate surface area is 86.0 Å². The second-order valence-corrected chi connectivity index (χ2v) is 3.89. The summed E-state index contributed by atoms with van der Waals surface area (Å²) in [5.41, 5.74) is 2.33. The van der Waals surface area contributed by atoms with Crippen molar-refractivity contribution in [3.8, 4) is 0 Å². The zero-order chi connectivity index (χ0) is 10.1. The second-order valence-electron chi connectivity index (χ2n) is 3.11. The van der Waals surface area contributed by atoms with Crippen LogP contribution in [0.3, 0.4) is 0 Å². The predicted molar refractivity (Wildman–Crippen MR) is 55.7 cm³/mol. The molecule has 0 radical (unpaired) electrons. The number of hydrogen-bond donors (Lipinski definition) is 0. The van der Waals surface area contributed by atoms with Crippen molar-refractivity contribution in [2.24, 2.45) is 7.05 Å². The van der Waals surface area contributed by atoms with E-state index in [0.29, 0.717) is 5.56 Å². The molecule has 0 saturated carbocycles. The number of rotatable bonds is 2. The summed E-state index contributed by atoms with van der Waals surface area (Å²) in [6.07, 6.45) is 1.62. The molecule has 0 aliphatic carbocycles. The molecule has 2 heterocycles. The van der Waals surface area contributed by atoms with Gasteiger partial charge in [-0.1, -0.05) is 0 Å². The lowest BCUT2D eigenvalue weighted by Crippen LogP contribution is -2.02. The van der Waals surface area contributed by atoms with Crippen LogP contribution in [0.5, 0.6) is 0 Å². The van der Waals surface area contributed by atoms with Crippen LogP contribution in [-0.4, -0.2) is 15.6 Å². The van der Waals surface area contributed by atoms with E-state index >= 15 is 0 Å².